The number of fused-ring (bicyclic) bond motifs is 1. The van der Waals surface area contributed by atoms with Crippen molar-refractivity contribution in [1.29, 1.82) is 0 Å². The van der Waals surface area contributed by atoms with Crippen LogP contribution in [0.5, 0.6) is 11.5 Å². The van der Waals surface area contributed by atoms with Crippen molar-refractivity contribution >= 4 is 55.9 Å². The minimum atomic E-state index is -2.25. The summed E-state index contributed by atoms with van der Waals surface area (Å²) in [7, 11) is 1.53. The average molecular weight is 651 g/mol. The standard InChI is InChI=1S/C29H29ClF2N4O5S2/c1-34(2)26-8-4-7-23-22(26)6-5-9-27(23)43(40)35(3)14-15-36(18-28(37)33-38)42(39)21-16-24(31)29(25(32)17-21)41-20-12-10-19(30)11-13-20/h4-13,16-17,38H,14-15,18H2,1-3H3,(H,33,37). The molecule has 0 heterocycles. The molecule has 4 rings (SSSR count). The average Bonchev–Trinajstić information content (AvgIpc) is 3.00. The summed E-state index contributed by atoms with van der Waals surface area (Å²) in [5, 5.41) is 11.2. The van der Waals surface area contributed by atoms with Gasteiger partial charge in [-0.15, -0.1) is 0 Å². The van der Waals surface area contributed by atoms with Gasteiger partial charge in [-0.3, -0.25) is 10.0 Å². The fourth-order valence-corrected chi connectivity index (χ4v) is 6.69. The Kier molecular flexibility index (Phi) is 10.8. The molecule has 2 atom stereocenters. The van der Waals surface area contributed by atoms with Gasteiger partial charge in [0.25, 0.3) is 5.91 Å². The van der Waals surface area contributed by atoms with Gasteiger partial charge in [0.1, 0.15) is 27.7 Å². The summed E-state index contributed by atoms with van der Waals surface area (Å²) in [5.41, 5.74) is 2.42. The molecular weight excluding hydrogens is 622 g/mol. The van der Waals surface area contributed by atoms with Crippen LogP contribution in [0.15, 0.2) is 82.6 Å². The maximum absolute atomic E-state index is 14.9. The van der Waals surface area contributed by atoms with Crippen molar-refractivity contribution in [3.8, 4) is 11.5 Å². The molecule has 0 fully saturated rings. The molecule has 4 aromatic rings. The normalized spacial score (nSPS) is 12.9. The Morgan fingerprint density at radius 1 is 0.907 bits per heavy atom. The van der Waals surface area contributed by atoms with Crippen LogP contribution >= 0.6 is 11.6 Å². The van der Waals surface area contributed by atoms with Crippen molar-refractivity contribution in [3.05, 3.63) is 89.5 Å². The molecule has 0 aliphatic rings. The van der Waals surface area contributed by atoms with E-state index in [2.05, 4.69) is 0 Å². The van der Waals surface area contributed by atoms with E-state index in [1.807, 2.05) is 49.3 Å². The fourth-order valence-electron chi connectivity index (χ4n) is 4.23. The summed E-state index contributed by atoms with van der Waals surface area (Å²) in [6.07, 6.45) is 0. The molecule has 0 aliphatic carbocycles. The van der Waals surface area contributed by atoms with E-state index in [9.17, 15) is 22.0 Å². The molecular formula is C29H29ClF2N4O5S2. The van der Waals surface area contributed by atoms with Gasteiger partial charge in [0, 0.05) is 55.7 Å². The van der Waals surface area contributed by atoms with Crippen LogP contribution in [0, 0.1) is 11.6 Å². The zero-order valence-electron chi connectivity index (χ0n) is 23.4. The summed E-state index contributed by atoms with van der Waals surface area (Å²) in [6, 6.07) is 18.7. The number of nitrogens with one attached hydrogen (secondary N) is 1. The van der Waals surface area contributed by atoms with Crippen LogP contribution in [0.1, 0.15) is 0 Å². The molecule has 43 heavy (non-hydrogen) atoms. The summed E-state index contributed by atoms with van der Waals surface area (Å²) in [6.45, 7) is -0.637. The second-order valence-corrected chi connectivity index (χ2v) is 13.0. The molecule has 0 aromatic heterocycles. The summed E-state index contributed by atoms with van der Waals surface area (Å²) >= 11 is 5.83. The second-order valence-electron chi connectivity index (χ2n) is 9.54. The fraction of sp³-hybridized carbons (Fsp3) is 0.207. The van der Waals surface area contributed by atoms with Crippen LogP contribution in [0.4, 0.5) is 14.5 Å². The number of hydrogen-bond acceptors (Lipinski definition) is 6. The molecule has 4 aromatic carbocycles. The van der Waals surface area contributed by atoms with Crippen molar-refractivity contribution in [2.75, 3.05) is 45.7 Å². The molecule has 9 nitrogen and oxygen atoms in total. The molecule has 0 radical (unpaired) electrons. The summed E-state index contributed by atoms with van der Waals surface area (Å²) in [5.74, 6) is -3.69. The molecule has 0 saturated carbocycles. The lowest BCUT2D eigenvalue weighted by molar-refractivity contribution is -0.129. The third-order valence-corrected chi connectivity index (χ3v) is 9.52. The first-order valence-corrected chi connectivity index (χ1v) is 15.4. The monoisotopic (exact) mass is 650 g/mol. The number of halogens is 3. The largest absolute Gasteiger partial charge is 0.451 e. The Labute approximate surface area is 257 Å². The number of anilines is 1. The minimum absolute atomic E-state index is 0.0452. The topological polar surface area (TPSA) is 102 Å². The predicted molar refractivity (Wildman–Crippen MR) is 163 cm³/mol. The van der Waals surface area contributed by atoms with Crippen molar-refractivity contribution in [1.82, 2.24) is 14.1 Å². The zero-order valence-corrected chi connectivity index (χ0v) is 25.8. The van der Waals surface area contributed by atoms with E-state index in [1.54, 1.807) is 13.1 Å². The number of ether oxygens (including phenoxy) is 1. The summed E-state index contributed by atoms with van der Waals surface area (Å²) in [4.78, 5) is 14.3. The number of hydrogen-bond donors (Lipinski definition) is 2. The predicted octanol–water partition coefficient (Wildman–Crippen LogP) is 5.11. The smallest absolute Gasteiger partial charge is 0.258 e. The number of hydroxylamine groups is 1. The first-order valence-electron chi connectivity index (χ1n) is 12.8. The molecule has 0 aliphatic heterocycles. The lowest BCUT2D eigenvalue weighted by atomic mass is 10.1. The molecule has 2 N–H and O–H groups in total. The van der Waals surface area contributed by atoms with Crippen LogP contribution in [-0.2, 0) is 26.8 Å². The molecule has 0 saturated heterocycles. The van der Waals surface area contributed by atoms with Gasteiger partial charge in [-0.25, -0.2) is 31.3 Å². The molecule has 2 unspecified atom stereocenters. The van der Waals surface area contributed by atoms with Crippen LogP contribution in [0.2, 0.25) is 5.02 Å². The van der Waals surface area contributed by atoms with Crippen molar-refractivity contribution in [2.24, 2.45) is 0 Å². The zero-order chi connectivity index (χ0) is 31.3. The number of benzene rings is 4. The highest BCUT2D eigenvalue weighted by molar-refractivity contribution is 7.83. The van der Waals surface area contributed by atoms with Crippen LogP contribution in [-0.4, -0.2) is 68.9 Å². The maximum Gasteiger partial charge on any atom is 0.258 e. The van der Waals surface area contributed by atoms with Gasteiger partial charge in [-0.2, -0.15) is 0 Å². The first-order chi connectivity index (χ1) is 20.5. The van der Waals surface area contributed by atoms with Crippen molar-refractivity contribution in [2.45, 2.75) is 9.79 Å². The third-order valence-electron chi connectivity index (χ3n) is 6.36. The number of rotatable bonds is 12. The van der Waals surface area contributed by atoms with E-state index in [0.29, 0.717) is 9.92 Å². The number of nitrogens with zero attached hydrogens (tertiary/aromatic N) is 3. The maximum atomic E-state index is 14.9. The van der Waals surface area contributed by atoms with Gasteiger partial charge < -0.3 is 9.64 Å². The van der Waals surface area contributed by atoms with E-state index in [-0.39, 0.29) is 23.7 Å². The number of carbonyl (C=O) groups is 1. The molecule has 0 bridgehead atoms. The Morgan fingerprint density at radius 3 is 2.16 bits per heavy atom. The van der Waals surface area contributed by atoms with E-state index < -0.39 is 51.8 Å². The molecule has 228 valence electrons. The highest BCUT2D eigenvalue weighted by Gasteiger charge is 2.24. The number of amides is 1. The lowest BCUT2D eigenvalue weighted by Gasteiger charge is -2.24. The van der Waals surface area contributed by atoms with Gasteiger partial charge in [0.2, 0.25) is 0 Å². The van der Waals surface area contributed by atoms with Gasteiger partial charge in [0.05, 0.1) is 16.3 Å². The Morgan fingerprint density at radius 2 is 1.53 bits per heavy atom. The minimum Gasteiger partial charge on any atom is -0.451 e. The van der Waals surface area contributed by atoms with E-state index >= 15 is 0 Å². The lowest BCUT2D eigenvalue weighted by Crippen LogP contribution is -2.41. The SMILES string of the molecule is CN(C)c1cccc2c(S(=O)N(C)CCN(CC(=O)NO)S(=O)c3cc(F)c(Oc4ccc(Cl)cc4)c(F)c3)cccc12. The van der Waals surface area contributed by atoms with Crippen molar-refractivity contribution in [3.63, 3.8) is 0 Å². The first kappa shape index (κ1) is 32.5. The highest BCUT2D eigenvalue weighted by atomic mass is 35.5. The van der Waals surface area contributed by atoms with Crippen LogP contribution in [0.3, 0.4) is 0 Å². The van der Waals surface area contributed by atoms with E-state index in [4.69, 9.17) is 21.5 Å². The van der Waals surface area contributed by atoms with Gasteiger partial charge in [-0.05, 0) is 48.5 Å². The quantitative estimate of drug-likeness (QED) is 0.163. The van der Waals surface area contributed by atoms with E-state index in [0.717, 1.165) is 32.9 Å². The van der Waals surface area contributed by atoms with Gasteiger partial charge in [0.15, 0.2) is 17.4 Å². The Balaban J connectivity index is 1.54. The molecule has 1 amide bonds. The number of carbonyl (C=O) groups excluding carboxylic acids is 1. The number of likely N-dealkylation sites (N-methyl/N-ethyl adjacent to an activating group) is 1. The van der Waals surface area contributed by atoms with Crippen LogP contribution < -0.4 is 15.1 Å². The third kappa shape index (κ3) is 7.74. The Hall–Kier alpha value is -3.46. The van der Waals surface area contributed by atoms with Gasteiger partial charge in [-0.1, -0.05) is 35.9 Å². The van der Waals surface area contributed by atoms with Crippen molar-refractivity contribution < 1.29 is 31.9 Å². The van der Waals surface area contributed by atoms with Gasteiger partial charge >= 0.3 is 0 Å². The van der Waals surface area contributed by atoms with Crippen LogP contribution in [0.25, 0.3) is 10.8 Å². The summed E-state index contributed by atoms with van der Waals surface area (Å²) < 4.78 is 64.7. The second kappa shape index (κ2) is 14.3. The Bertz CT molecular complexity index is 1650. The molecule has 0 spiro atoms. The molecule has 14 heteroatoms. The van der Waals surface area contributed by atoms with E-state index in [1.165, 1.54) is 34.1 Å². The highest BCUT2D eigenvalue weighted by Crippen LogP contribution is 2.32.